The molecule has 0 aliphatic rings. The number of carbonyl (C=O) groups is 1. The lowest BCUT2D eigenvalue weighted by Gasteiger charge is -2.05. The zero-order valence-corrected chi connectivity index (χ0v) is 9.99. The zero-order valence-electron chi connectivity index (χ0n) is 7.84. The van der Waals surface area contributed by atoms with Gasteiger partial charge in [-0.2, -0.15) is 0 Å². The molecule has 1 aromatic heterocycles. The second-order valence-electron chi connectivity index (χ2n) is 2.60. The van der Waals surface area contributed by atoms with E-state index in [0.29, 0.717) is 0 Å². The fourth-order valence-corrected chi connectivity index (χ4v) is 1.61. The smallest absolute Gasteiger partial charge is 0.340 e. The van der Waals surface area contributed by atoms with Crippen molar-refractivity contribution in [1.82, 2.24) is 4.98 Å². The molecule has 0 amide bonds. The number of nitrogens with zero attached hydrogens (tertiary/aromatic N) is 1. The molecule has 0 aliphatic carbocycles. The highest BCUT2D eigenvalue weighted by molar-refractivity contribution is 14.1. The van der Waals surface area contributed by atoms with Crippen molar-refractivity contribution >= 4 is 28.6 Å². The van der Waals surface area contributed by atoms with E-state index in [9.17, 15) is 13.6 Å². The summed E-state index contributed by atoms with van der Waals surface area (Å²) in [5, 5.41) is 0. The molecule has 0 N–H and O–H groups in total. The molecule has 0 saturated heterocycles. The van der Waals surface area contributed by atoms with Crippen LogP contribution in [0.15, 0.2) is 12.1 Å². The van der Waals surface area contributed by atoms with E-state index < -0.39 is 12.4 Å². The van der Waals surface area contributed by atoms with Crippen molar-refractivity contribution in [2.45, 2.75) is 13.3 Å². The Morgan fingerprint density at radius 2 is 2.27 bits per heavy atom. The summed E-state index contributed by atoms with van der Waals surface area (Å²) in [5.41, 5.74) is -0.130. The highest BCUT2D eigenvalue weighted by Crippen LogP contribution is 2.19. The van der Waals surface area contributed by atoms with Crippen molar-refractivity contribution in [3.8, 4) is 0 Å². The molecule has 1 rings (SSSR count). The van der Waals surface area contributed by atoms with Crippen LogP contribution in [0.3, 0.4) is 0 Å². The molecule has 6 heteroatoms. The maximum absolute atomic E-state index is 12.2. The highest BCUT2D eigenvalue weighted by atomic mass is 127. The van der Waals surface area contributed by atoms with E-state index in [-0.39, 0.29) is 21.6 Å². The third-order valence-corrected chi connectivity index (χ3v) is 2.41. The Kier molecular flexibility index (Phi) is 4.37. The minimum absolute atomic E-state index is 0.210. The lowest BCUT2D eigenvalue weighted by molar-refractivity contribution is 0.0524. The second kappa shape index (κ2) is 5.34. The van der Waals surface area contributed by atoms with E-state index in [1.807, 2.05) is 0 Å². The quantitative estimate of drug-likeness (QED) is 0.487. The van der Waals surface area contributed by atoms with Crippen molar-refractivity contribution in [1.29, 1.82) is 0 Å². The van der Waals surface area contributed by atoms with Gasteiger partial charge >= 0.3 is 5.97 Å². The van der Waals surface area contributed by atoms with Gasteiger partial charge in [-0.1, -0.05) is 0 Å². The third-order valence-electron chi connectivity index (χ3n) is 1.59. The summed E-state index contributed by atoms with van der Waals surface area (Å²) in [4.78, 5) is 14.9. The van der Waals surface area contributed by atoms with Crippen LogP contribution in [0.4, 0.5) is 8.78 Å². The zero-order chi connectivity index (χ0) is 11.4. The number of pyridine rings is 1. The lowest BCUT2D eigenvalue weighted by Crippen LogP contribution is -2.08. The third kappa shape index (κ3) is 3.08. The molecule has 1 aromatic rings. The number of hydrogen-bond acceptors (Lipinski definition) is 3. The van der Waals surface area contributed by atoms with E-state index in [1.165, 1.54) is 6.07 Å². The summed E-state index contributed by atoms with van der Waals surface area (Å²) in [6, 6.07) is 2.42. The average molecular weight is 327 g/mol. The van der Waals surface area contributed by atoms with Crippen LogP contribution in [-0.4, -0.2) is 17.6 Å². The summed E-state index contributed by atoms with van der Waals surface area (Å²) < 4.78 is 29.5. The van der Waals surface area contributed by atoms with Gasteiger partial charge in [-0.15, -0.1) is 0 Å². The van der Waals surface area contributed by atoms with Gasteiger partial charge in [0, 0.05) is 0 Å². The van der Waals surface area contributed by atoms with Gasteiger partial charge in [0.25, 0.3) is 6.43 Å². The first-order chi connectivity index (χ1) is 7.06. The number of ether oxygens (including phenoxy) is 1. The Morgan fingerprint density at radius 1 is 1.60 bits per heavy atom. The number of aromatic nitrogens is 1. The van der Waals surface area contributed by atoms with Crippen molar-refractivity contribution in [3.63, 3.8) is 0 Å². The molecular weight excluding hydrogens is 319 g/mol. The monoisotopic (exact) mass is 327 g/mol. The molecule has 0 spiro atoms. The van der Waals surface area contributed by atoms with Gasteiger partial charge < -0.3 is 4.74 Å². The van der Waals surface area contributed by atoms with Crippen molar-refractivity contribution in [2.24, 2.45) is 0 Å². The Morgan fingerprint density at radius 3 is 2.73 bits per heavy atom. The van der Waals surface area contributed by atoms with Crippen molar-refractivity contribution < 1.29 is 18.3 Å². The van der Waals surface area contributed by atoms with Crippen molar-refractivity contribution in [2.75, 3.05) is 6.61 Å². The minimum Gasteiger partial charge on any atom is -0.462 e. The molecule has 0 bridgehead atoms. The van der Waals surface area contributed by atoms with Gasteiger partial charge in [0.15, 0.2) is 0 Å². The fraction of sp³-hybridized carbons (Fsp3) is 0.333. The molecule has 0 saturated carbocycles. The first-order valence-corrected chi connectivity index (χ1v) is 5.25. The van der Waals surface area contributed by atoms with Crippen LogP contribution in [0.1, 0.15) is 29.4 Å². The van der Waals surface area contributed by atoms with Crippen LogP contribution >= 0.6 is 22.6 Å². The minimum atomic E-state index is -2.63. The van der Waals surface area contributed by atoms with Crippen LogP contribution in [0.2, 0.25) is 0 Å². The van der Waals surface area contributed by atoms with E-state index >= 15 is 0 Å². The van der Waals surface area contributed by atoms with Gasteiger partial charge in [-0.25, -0.2) is 18.6 Å². The maximum Gasteiger partial charge on any atom is 0.340 e. The summed E-state index contributed by atoms with van der Waals surface area (Å²) in [7, 11) is 0. The fourth-order valence-electron chi connectivity index (χ4n) is 0.931. The number of halogens is 3. The molecule has 0 aromatic carbocycles. The van der Waals surface area contributed by atoms with E-state index in [1.54, 1.807) is 29.5 Å². The van der Waals surface area contributed by atoms with Crippen LogP contribution in [-0.2, 0) is 4.74 Å². The number of esters is 1. The highest BCUT2D eigenvalue weighted by Gasteiger charge is 2.16. The number of hydrogen-bond donors (Lipinski definition) is 0. The van der Waals surface area contributed by atoms with Crippen LogP contribution in [0, 0.1) is 3.70 Å². The second-order valence-corrected chi connectivity index (χ2v) is 3.62. The standard InChI is InChI=1S/C9H8F2INO2/c1-2-15-9(14)5-3-4-6(7(10)11)13-8(5)12/h3-4,7H,2H2,1H3. The molecule has 0 atom stereocenters. The number of carbonyl (C=O) groups excluding carboxylic acids is 1. The molecular formula is C9H8F2INO2. The molecule has 0 fully saturated rings. The Labute approximate surface area is 99.0 Å². The predicted octanol–water partition coefficient (Wildman–Crippen LogP) is 2.80. The first kappa shape index (κ1) is 12.3. The Bertz CT molecular complexity index is 371. The van der Waals surface area contributed by atoms with Gasteiger partial charge in [-0.3, -0.25) is 0 Å². The molecule has 15 heavy (non-hydrogen) atoms. The van der Waals surface area contributed by atoms with Gasteiger partial charge in [-0.05, 0) is 41.6 Å². The summed E-state index contributed by atoms with van der Waals surface area (Å²) >= 11 is 1.73. The maximum atomic E-state index is 12.2. The average Bonchev–Trinajstić information content (AvgIpc) is 2.17. The SMILES string of the molecule is CCOC(=O)c1ccc(C(F)F)nc1I. The largest absolute Gasteiger partial charge is 0.462 e. The van der Waals surface area contributed by atoms with Crippen LogP contribution in [0.5, 0.6) is 0 Å². The number of alkyl halides is 2. The normalized spacial score (nSPS) is 10.5. The topological polar surface area (TPSA) is 39.2 Å². The molecule has 82 valence electrons. The summed E-state index contributed by atoms with van der Waals surface area (Å²) in [6.45, 7) is 1.91. The van der Waals surface area contributed by atoms with Crippen LogP contribution < -0.4 is 0 Å². The van der Waals surface area contributed by atoms with Crippen molar-refractivity contribution in [3.05, 3.63) is 27.1 Å². The van der Waals surface area contributed by atoms with Crippen LogP contribution in [0.25, 0.3) is 0 Å². The van der Waals surface area contributed by atoms with Gasteiger partial charge in [0.2, 0.25) is 0 Å². The van der Waals surface area contributed by atoms with Gasteiger partial charge in [0.1, 0.15) is 9.39 Å². The number of rotatable bonds is 3. The molecule has 0 aliphatic heterocycles. The summed E-state index contributed by atoms with van der Waals surface area (Å²) in [6.07, 6.45) is -2.63. The first-order valence-electron chi connectivity index (χ1n) is 4.18. The Hall–Kier alpha value is -0.790. The van der Waals surface area contributed by atoms with E-state index in [4.69, 9.17) is 4.74 Å². The lowest BCUT2D eigenvalue weighted by atomic mass is 10.2. The summed E-state index contributed by atoms with van der Waals surface area (Å²) in [5.74, 6) is -0.546. The molecule has 3 nitrogen and oxygen atoms in total. The van der Waals surface area contributed by atoms with Gasteiger partial charge in [0.05, 0.1) is 12.2 Å². The molecule has 1 heterocycles. The predicted molar refractivity (Wildman–Crippen MR) is 57.9 cm³/mol. The molecule has 0 unspecified atom stereocenters. The Balaban J connectivity index is 2.98. The van der Waals surface area contributed by atoms with E-state index in [0.717, 1.165) is 6.07 Å². The molecule has 0 radical (unpaired) electrons. The van der Waals surface area contributed by atoms with E-state index in [2.05, 4.69) is 4.98 Å².